The Hall–Kier alpha value is -1.30. The number of rotatable bonds is 7. The Morgan fingerprint density at radius 2 is 1.96 bits per heavy atom. The van der Waals surface area contributed by atoms with Crippen molar-refractivity contribution in [1.82, 2.24) is 10.2 Å². The molecule has 1 heterocycles. The maximum atomic E-state index is 12.7. The SMILES string of the molecule is CNCC1CCN(C(=O)c2ccccc2OCCOC)CC1.Cl. The van der Waals surface area contributed by atoms with E-state index >= 15 is 0 Å². The van der Waals surface area contributed by atoms with Crippen molar-refractivity contribution in [3.05, 3.63) is 29.8 Å². The van der Waals surface area contributed by atoms with Gasteiger partial charge in [-0.25, -0.2) is 0 Å². The van der Waals surface area contributed by atoms with Gasteiger partial charge in [0, 0.05) is 20.2 Å². The zero-order valence-electron chi connectivity index (χ0n) is 13.9. The van der Waals surface area contributed by atoms with Gasteiger partial charge in [-0.05, 0) is 44.5 Å². The predicted molar refractivity (Wildman–Crippen MR) is 93.6 cm³/mol. The van der Waals surface area contributed by atoms with Crippen molar-refractivity contribution in [3.63, 3.8) is 0 Å². The Kier molecular flexibility index (Phi) is 8.99. The lowest BCUT2D eigenvalue weighted by Gasteiger charge is -2.32. The third-order valence-corrected chi connectivity index (χ3v) is 4.06. The minimum atomic E-state index is 0. The molecule has 1 amide bonds. The van der Waals surface area contributed by atoms with Crippen molar-refractivity contribution >= 4 is 18.3 Å². The molecule has 0 aromatic heterocycles. The maximum Gasteiger partial charge on any atom is 0.257 e. The van der Waals surface area contributed by atoms with Gasteiger partial charge in [0.25, 0.3) is 5.91 Å². The number of hydrogen-bond acceptors (Lipinski definition) is 4. The molecule has 0 atom stereocenters. The smallest absolute Gasteiger partial charge is 0.257 e. The van der Waals surface area contributed by atoms with Gasteiger partial charge in [-0.15, -0.1) is 12.4 Å². The van der Waals surface area contributed by atoms with Crippen LogP contribution in [-0.2, 0) is 4.74 Å². The van der Waals surface area contributed by atoms with Gasteiger partial charge >= 0.3 is 0 Å². The number of halogens is 1. The summed E-state index contributed by atoms with van der Waals surface area (Å²) in [4.78, 5) is 14.7. The molecule has 5 nitrogen and oxygen atoms in total. The van der Waals surface area contributed by atoms with Gasteiger partial charge in [0.1, 0.15) is 12.4 Å². The second-order valence-electron chi connectivity index (χ2n) is 5.63. The quantitative estimate of drug-likeness (QED) is 0.772. The van der Waals surface area contributed by atoms with Crippen molar-refractivity contribution in [1.29, 1.82) is 0 Å². The summed E-state index contributed by atoms with van der Waals surface area (Å²) in [5.74, 6) is 1.38. The number of para-hydroxylation sites is 1. The van der Waals surface area contributed by atoms with Crippen LogP contribution in [0.15, 0.2) is 24.3 Å². The van der Waals surface area contributed by atoms with E-state index in [0.29, 0.717) is 30.4 Å². The highest BCUT2D eigenvalue weighted by molar-refractivity contribution is 5.97. The predicted octanol–water partition coefficient (Wildman–Crippen LogP) is 2.21. The molecule has 1 aliphatic rings. The van der Waals surface area contributed by atoms with E-state index in [4.69, 9.17) is 9.47 Å². The summed E-state index contributed by atoms with van der Waals surface area (Å²) in [5, 5.41) is 3.22. The van der Waals surface area contributed by atoms with Crippen molar-refractivity contribution < 1.29 is 14.3 Å². The van der Waals surface area contributed by atoms with E-state index in [-0.39, 0.29) is 18.3 Å². The zero-order chi connectivity index (χ0) is 15.8. The first-order valence-corrected chi connectivity index (χ1v) is 7.91. The lowest BCUT2D eigenvalue weighted by Crippen LogP contribution is -2.40. The number of ether oxygens (including phenoxy) is 2. The van der Waals surface area contributed by atoms with Crippen LogP contribution in [-0.4, -0.2) is 57.8 Å². The van der Waals surface area contributed by atoms with Gasteiger partial charge in [0.05, 0.1) is 12.2 Å². The Balaban J connectivity index is 0.00000264. The molecule has 0 spiro atoms. The largest absolute Gasteiger partial charge is 0.490 e. The summed E-state index contributed by atoms with van der Waals surface area (Å²) in [6, 6.07) is 7.45. The molecule has 1 aliphatic heterocycles. The van der Waals surface area contributed by atoms with Crippen molar-refractivity contribution in [2.24, 2.45) is 5.92 Å². The zero-order valence-corrected chi connectivity index (χ0v) is 14.7. The highest BCUT2D eigenvalue weighted by Crippen LogP contribution is 2.23. The van der Waals surface area contributed by atoms with E-state index in [0.717, 1.165) is 32.5 Å². The second kappa shape index (κ2) is 10.5. The Bertz CT molecular complexity index is 477. The molecular weight excluding hydrogens is 316 g/mol. The highest BCUT2D eigenvalue weighted by Gasteiger charge is 2.24. The molecule has 23 heavy (non-hydrogen) atoms. The summed E-state index contributed by atoms with van der Waals surface area (Å²) in [5.41, 5.74) is 0.644. The van der Waals surface area contributed by atoms with Crippen LogP contribution in [0.5, 0.6) is 5.75 Å². The van der Waals surface area contributed by atoms with E-state index in [1.165, 1.54) is 0 Å². The molecule has 130 valence electrons. The summed E-state index contributed by atoms with van der Waals surface area (Å²) >= 11 is 0. The summed E-state index contributed by atoms with van der Waals surface area (Å²) in [6.45, 7) is 3.62. The van der Waals surface area contributed by atoms with E-state index in [9.17, 15) is 4.79 Å². The number of benzene rings is 1. The van der Waals surface area contributed by atoms with Crippen molar-refractivity contribution in [2.75, 3.05) is 47.0 Å². The maximum absolute atomic E-state index is 12.7. The van der Waals surface area contributed by atoms with Crippen LogP contribution < -0.4 is 10.1 Å². The Morgan fingerprint density at radius 1 is 1.26 bits per heavy atom. The van der Waals surface area contributed by atoms with Crippen molar-refractivity contribution in [2.45, 2.75) is 12.8 Å². The number of methoxy groups -OCH3 is 1. The van der Waals surface area contributed by atoms with E-state index in [1.807, 2.05) is 36.2 Å². The molecular formula is C17H27ClN2O3. The average molecular weight is 343 g/mol. The summed E-state index contributed by atoms with van der Waals surface area (Å²) < 4.78 is 10.7. The minimum absolute atomic E-state index is 0. The standard InChI is InChI=1S/C17H26N2O3.ClH/c1-18-13-14-7-9-19(10-8-14)17(20)15-5-3-4-6-16(15)22-12-11-21-2;/h3-6,14,18H,7-13H2,1-2H3;1H. The number of piperidine rings is 1. The number of likely N-dealkylation sites (tertiary alicyclic amines) is 1. The average Bonchev–Trinajstić information content (AvgIpc) is 2.56. The number of nitrogens with zero attached hydrogens (tertiary/aromatic N) is 1. The molecule has 0 bridgehead atoms. The minimum Gasteiger partial charge on any atom is -0.490 e. The van der Waals surface area contributed by atoms with Crippen LogP contribution >= 0.6 is 12.4 Å². The Labute approximate surface area is 144 Å². The molecule has 2 rings (SSSR count). The fourth-order valence-corrected chi connectivity index (χ4v) is 2.80. The van der Waals surface area contributed by atoms with Crippen LogP contribution in [0.4, 0.5) is 0 Å². The van der Waals surface area contributed by atoms with Gasteiger partial charge in [0.15, 0.2) is 0 Å². The molecule has 1 aromatic rings. The topological polar surface area (TPSA) is 50.8 Å². The van der Waals surface area contributed by atoms with Crippen LogP contribution in [0.1, 0.15) is 23.2 Å². The lowest BCUT2D eigenvalue weighted by atomic mass is 9.96. The summed E-state index contributed by atoms with van der Waals surface area (Å²) in [6.07, 6.45) is 2.11. The molecule has 1 N–H and O–H groups in total. The number of carbonyl (C=O) groups is 1. The fourth-order valence-electron chi connectivity index (χ4n) is 2.80. The highest BCUT2D eigenvalue weighted by atomic mass is 35.5. The first-order valence-electron chi connectivity index (χ1n) is 7.91. The number of carbonyl (C=O) groups excluding carboxylic acids is 1. The monoisotopic (exact) mass is 342 g/mol. The lowest BCUT2D eigenvalue weighted by molar-refractivity contribution is 0.0684. The van der Waals surface area contributed by atoms with Crippen LogP contribution in [0.3, 0.4) is 0 Å². The first-order chi connectivity index (χ1) is 10.8. The van der Waals surface area contributed by atoms with E-state index in [2.05, 4.69) is 5.32 Å². The van der Waals surface area contributed by atoms with Gasteiger partial charge < -0.3 is 19.7 Å². The number of hydrogen-bond donors (Lipinski definition) is 1. The Morgan fingerprint density at radius 3 is 2.61 bits per heavy atom. The van der Waals surface area contributed by atoms with E-state index < -0.39 is 0 Å². The molecule has 0 saturated carbocycles. The molecule has 1 saturated heterocycles. The molecule has 6 heteroatoms. The molecule has 0 radical (unpaired) electrons. The van der Waals surface area contributed by atoms with Crippen LogP contribution in [0.25, 0.3) is 0 Å². The van der Waals surface area contributed by atoms with E-state index in [1.54, 1.807) is 7.11 Å². The summed E-state index contributed by atoms with van der Waals surface area (Å²) in [7, 11) is 3.61. The molecule has 0 aliphatic carbocycles. The molecule has 1 aromatic carbocycles. The van der Waals surface area contributed by atoms with Gasteiger partial charge in [-0.2, -0.15) is 0 Å². The third-order valence-electron chi connectivity index (χ3n) is 4.06. The van der Waals surface area contributed by atoms with Crippen LogP contribution in [0.2, 0.25) is 0 Å². The van der Waals surface area contributed by atoms with Crippen LogP contribution in [0, 0.1) is 5.92 Å². The van der Waals surface area contributed by atoms with Gasteiger partial charge in [0.2, 0.25) is 0 Å². The number of amides is 1. The molecule has 1 fully saturated rings. The second-order valence-corrected chi connectivity index (χ2v) is 5.63. The third kappa shape index (κ3) is 5.68. The number of nitrogens with one attached hydrogen (secondary N) is 1. The molecule has 0 unspecified atom stereocenters. The van der Waals surface area contributed by atoms with Gasteiger partial charge in [-0.3, -0.25) is 4.79 Å². The normalized spacial score (nSPS) is 15.1. The van der Waals surface area contributed by atoms with Crippen molar-refractivity contribution in [3.8, 4) is 5.75 Å². The fraction of sp³-hybridized carbons (Fsp3) is 0.588. The van der Waals surface area contributed by atoms with Gasteiger partial charge in [-0.1, -0.05) is 12.1 Å². The first kappa shape index (κ1) is 19.7.